The molecule has 3 atom stereocenters. The van der Waals surface area contributed by atoms with Crippen LogP contribution in [0.5, 0.6) is 0 Å². The van der Waals surface area contributed by atoms with Crippen LogP contribution in [-0.2, 0) is 11.2 Å². The van der Waals surface area contributed by atoms with Crippen LogP contribution in [0.25, 0.3) is 0 Å². The second kappa shape index (κ2) is 7.80. The molecule has 0 spiro atoms. The number of fused-ring (bicyclic) bond motifs is 1. The van der Waals surface area contributed by atoms with Crippen molar-refractivity contribution in [1.29, 1.82) is 0 Å². The Hall–Kier alpha value is -0.860. The molecule has 0 aromatic heterocycles. The lowest BCUT2D eigenvalue weighted by atomic mass is 9.74. The first-order valence-corrected chi connectivity index (χ1v) is 8.08. The number of benzene rings is 1. The fourth-order valence-electron chi connectivity index (χ4n) is 3.12. The first kappa shape index (κ1) is 15.5. The van der Waals surface area contributed by atoms with E-state index in [1.165, 1.54) is 25.7 Å². The maximum atomic E-state index is 5.38. The zero-order chi connectivity index (χ0) is 14.4. The van der Waals surface area contributed by atoms with Crippen LogP contribution in [0, 0.1) is 0 Å². The lowest BCUT2D eigenvalue weighted by Crippen LogP contribution is -2.34. The van der Waals surface area contributed by atoms with E-state index in [1.54, 1.807) is 18.2 Å². The van der Waals surface area contributed by atoms with Gasteiger partial charge in [-0.15, -0.1) is 0 Å². The molecule has 2 rings (SSSR count). The van der Waals surface area contributed by atoms with Crippen LogP contribution in [0.1, 0.15) is 56.6 Å². The van der Waals surface area contributed by atoms with Gasteiger partial charge in [0.15, 0.2) is 0 Å². The molecule has 0 fully saturated rings. The van der Waals surface area contributed by atoms with Crippen LogP contribution in [0.3, 0.4) is 0 Å². The lowest BCUT2D eigenvalue weighted by Gasteiger charge is -2.33. The van der Waals surface area contributed by atoms with Gasteiger partial charge in [-0.05, 0) is 62.6 Å². The molecule has 1 aromatic rings. The first-order chi connectivity index (χ1) is 9.74. The summed E-state index contributed by atoms with van der Waals surface area (Å²) in [4.78, 5) is 0. The highest BCUT2D eigenvalue weighted by atomic mass is 16.5. The highest BCUT2D eigenvalue weighted by Gasteiger charge is 2.27. The van der Waals surface area contributed by atoms with E-state index in [1.807, 2.05) is 0 Å². The molecule has 0 saturated heterocycles. The Morgan fingerprint density at radius 2 is 2.10 bits per heavy atom. The minimum absolute atomic E-state index is 0.370. The topological polar surface area (TPSA) is 21.3 Å². The summed E-state index contributed by atoms with van der Waals surface area (Å²) in [7, 11) is 1.81. The molecule has 0 saturated carbocycles. The molecule has 112 valence electrons. The Balaban J connectivity index is 1.85. The molecule has 0 aliphatic heterocycles. The summed E-state index contributed by atoms with van der Waals surface area (Å²) in [5.41, 5.74) is 3.13. The molecule has 2 heteroatoms. The number of hydrogen-bond acceptors (Lipinski definition) is 2. The number of methoxy groups -OCH3 is 1. The number of ether oxygens (including phenoxy) is 1. The fourth-order valence-corrected chi connectivity index (χ4v) is 3.12. The zero-order valence-electron chi connectivity index (χ0n) is 13.2. The molecule has 1 N–H and O–H groups in total. The van der Waals surface area contributed by atoms with Gasteiger partial charge in [0.1, 0.15) is 0 Å². The lowest BCUT2D eigenvalue weighted by molar-refractivity contribution is 0.105. The quantitative estimate of drug-likeness (QED) is 0.738. The van der Waals surface area contributed by atoms with Crippen molar-refractivity contribution in [2.24, 2.45) is 0 Å². The first-order valence-electron chi connectivity index (χ1n) is 8.08. The summed E-state index contributed by atoms with van der Waals surface area (Å²) in [6, 6.07) is 9.53. The molecular formula is C18H29NO. The van der Waals surface area contributed by atoms with E-state index in [4.69, 9.17) is 4.74 Å². The molecule has 1 aliphatic carbocycles. The second-order valence-corrected chi connectivity index (χ2v) is 6.11. The van der Waals surface area contributed by atoms with Crippen molar-refractivity contribution in [3.63, 3.8) is 0 Å². The average Bonchev–Trinajstić information content (AvgIpc) is 2.46. The van der Waals surface area contributed by atoms with Gasteiger partial charge in [-0.25, -0.2) is 0 Å². The average molecular weight is 275 g/mol. The van der Waals surface area contributed by atoms with Crippen molar-refractivity contribution in [3.05, 3.63) is 35.4 Å². The van der Waals surface area contributed by atoms with E-state index < -0.39 is 0 Å². The predicted octanol–water partition coefficient (Wildman–Crippen LogP) is 3.90. The van der Waals surface area contributed by atoms with Gasteiger partial charge in [0, 0.05) is 13.2 Å². The summed E-state index contributed by atoms with van der Waals surface area (Å²) >= 11 is 0. The van der Waals surface area contributed by atoms with Crippen LogP contribution < -0.4 is 5.32 Å². The number of rotatable bonds is 9. The van der Waals surface area contributed by atoms with Crippen molar-refractivity contribution in [2.45, 2.75) is 64.0 Å². The fraction of sp³-hybridized carbons (Fsp3) is 0.667. The second-order valence-electron chi connectivity index (χ2n) is 6.11. The number of hydrogen-bond donors (Lipinski definition) is 1. The van der Waals surface area contributed by atoms with Crippen molar-refractivity contribution in [1.82, 2.24) is 5.32 Å². The third-order valence-corrected chi connectivity index (χ3v) is 4.54. The van der Waals surface area contributed by atoms with Crippen LogP contribution in [-0.4, -0.2) is 25.8 Å². The Morgan fingerprint density at radius 1 is 1.30 bits per heavy atom. The summed E-state index contributed by atoms with van der Waals surface area (Å²) in [5.74, 6) is 0.762. The van der Waals surface area contributed by atoms with E-state index in [2.05, 4.69) is 43.4 Å². The van der Waals surface area contributed by atoms with Crippen molar-refractivity contribution in [3.8, 4) is 0 Å². The SMILES string of the molecule is CCCNC(CCC(C)OC)CC1Cc2ccccc21. The molecular weight excluding hydrogens is 246 g/mol. The normalized spacial score (nSPS) is 20.1. The van der Waals surface area contributed by atoms with Crippen molar-refractivity contribution in [2.75, 3.05) is 13.7 Å². The Morgan fingerprint density at radius 3 is 2.80 bits per heavy atom. The zero-order valence-corrected chi connectivity index (χ0v) is 13.2. The molecule has 0 radical (unpaired) electrons. The van der Waals surface area contributed by atoms with Crippen molar-refractivity contribution >= 4 is 0 Å². The summed E-state index contributed by atoms with van der Waals surface area (Å²) in [6.07, 6.45) is 6.47. The maximum Gasteiger partial charge on any atom is 0.0543 e. The van der Waals surface area contributed by atoms with E-state index in [0.717, 1.165) is 18.9 Å². The maximum absolute atomic E-state index is 5.38. The van der Waals surface area contributed by atoms with Gasteiger partial charge in [0.2, 0.25) is 0 Å². The van der Waals surface area contributed by atoms with Gasteiger partial charge >= 0.3 is 0 Å². The molecule has 1 aliphatic rings. The third-order valence-electron chi connectivity index (χ3n) is 4.54. The predicted molar refractivity (Wildman–Crippen MR) is 85.3 cm³/mol. The molecule has 2 nitrogen and oxygen atoms in total. The van der Waals surface area contributed by atoms with E-state index in [-0.39, 0.29) is 0 Å². The van der Waals surface area contributed by atoms with Gasteiger partial charge in [-0.2, -0.15) is 0 Å². The van der Waals surface area contributed by atoms with Crippen LogP contribution >= 0.6 is 0 Å². The van der Waals surface area contributed by atoms with Crippen LogP contribution in [0.2, 0.25) is 0 Å². The van der Waals surface area contributed by atoms with Gasteiger partial charge in [0.25, 0.3) is 0 Å². The van der Waals surface area contributed by atoms with E-state index in [9.17, 15) is 0 Å². The standard InChI is InChI=1S/C18H29NO/c1-4-11-19-17(10-9-14(2)20-3)13-16-12-15-7-5-6-8-18(15)16/h5-8,14,16-17,19H,4,9-13H2,1-3H3. The smallest absolute Gasteiger partial charge is 0.0543 e. The largest absolute Gasteiger partial charge is 0.382 e. The number of nitrogens with one attached hydrogen (secondary N) is 1. The molecule has 0 heterocycles. The molecule has 1 aromatic carbocycles. The Bertz CT molecular complexity index is 404. The Kier molecular flexibility index (Phi) is 6.06. The van der Waals surface area contributed by atoms with E-state index >= 15 is 0 Å². The van der Waals surface area contributed by atoms with Crippen LogP contribution in [0.15, 0.2) is 24.3 Å². The monoisotopic (exact) mass is 275 g/mol. The minimum Gasteiger partial charge on any atom is -0.382 e. The van der Waals surface area contributed by atoms with Gasteiger partial charge in [-0.1, -0.05) is 31.2 Å². The molecule has 20 heavy (non-hydrogen) atoms. The van der Waals surface area contributed by atoms with Gasteiger partial charge < -0.3 is 10.1 Å². The van der Waals surface area contributed by atoms with Gasteiger partial charge in [0.05, 0.1) is 6.10 Å². The highest BCUT2D eigenvalue weighted by Crippen LogP contribution is 2.38. The minimum atomic E-state index is 0.370. The van der Waals surface area contributed by atoms with E-state index in [0.29, 0.717) is 12.1 Å². The summed E-state index contributed by atoms with van der Waals surface area (Å²) in [6.45, 7) is 5.52. The van der Waals surface area contributed by atoms with Crippen LogP contribution in [0.4, 0.5) is 0 Å². The molecule has 0 bridgehead atoms. The molecule has 0 amide bonds. The van der Waals surface area contributed by atoms with Crippen molar-refractivity contribution < 1.29 is 4.74 Å². The van der Waals surface area contributed by atoms with Gasteiger partial charge in [-0.3, -0.25) is 0 Å². The third kappa shape index (κ3) is 4.07. The summed E-state index contributed by atoms with van der Waals surface area (Å²) in [5, 5.41) is 3.72. The summed E-state index contributed by atoms with van der Waals surface area (Å²) < 4.78 is 5.38. The highest BCUT2D eigenvalue weighted by molar-refractivity contribution is 5.39. The Labute approximate surface area is 123 Å². The molecule has 3 unspecified atom stereocenters.